The molecule has 3 N–H and O–H groups in total. The lowest BCUT2D eigenvalue weighted by Crippen LogP contribution is -2.36. The third kappa shape index (κ3) is 2.19. The minimum absolute atomic E-state index is 0.0246. The zero-order valence-corrected chi connectivity index (χ0v) is 7.38. The second-order valence-corrected chi connectivity index (χ2v) is 3.05. The molecule has 0 radical (unpaired) electrons. The van der Waals surface area contributed by atoms with E-state index in [0.717, 1.165) is 6.42 Å². The first-order chi connectivity index (χ1) is 5.75. The predicted octanol–water partition coefficient (Wildman–Crippen LogP) is -0.514. The van der Waals surface area contributed by atoms with Gasteiger partial charge in [-0.3, -0.25) is 4.79 Å². The van der Waals surface area contributed by atoms with E-state index in [0.29, 0.717) is 19.7 Å². The average molecular weight is 172 g/mol. The Morgan fingerprint density at radius 1 is 1.75 bits per heavy atom. The molecule has 0 spiro atoms. The van der Waals surface area contributed by atoms with Crippen LogP contribution in [0.25, 0.3) is 0 Å². The number of carbonyl (C=O) groups is 1. The normalized spacial score (nSPS) is 28.8. The Kier molecular flexibility index (Phi) is 3.49. The highest BCUT2D eigenvalue weighted by Gasteiger charge is 2.30. The third-order valence-electron chi connectivity index (χ3n) is 2.16. The van der Waals surface area contributed by atoms with E-state index in [-0.39, 0.29) is 17.9 Å². The van der Waals surface area contributed by atoms with Gasteiger partial charge in [0.15, 0.2) is 0 Å². The molecule has 1 saturated heterocycles. The van der Waals surface area contributed by atoms with Crippen LogP contribution in [0.5, 0.6) is 0 Å². The van der Waals surface area contributed by atoms with Crippen LogP contribution >= 0.6 is 0 Å². The van der Waals surface area contributed by atoms with Crippen molar-refractivity contribution in [3.05, 3.63) is 0 Å². The van der Waals surface area contributed by atoms with E-state index in [1.165, 1.54) is 0 Å². The number of nitrogens with two attached hydrogens (primary N) is 1. The number of carbonyl (C=O) groups excluding carboxylic acids is 1. The van der Waals surface area contributed by atoms with Crippen molar-refractivity contribution in [3.8, 4) is 0 Å². The molecule has 1 rings (SSSR count). The third-order valence-corrected chi connectivity index (χ3v) is 2.16. The van der Waals surface area contributed by atoms with Crippen LogP contribution in [-0.4, -0.2) is 31.7 Å². The minimum Gasteiger partial charge on any atom is -0.378 e. The van der Waals surface area contributed by atoms with E-state index in [1.54, 1.807) is 0 Å². The molecule has 1 fully saturated rings. The number of nitrogens with one attached hydrogen (secondary N) is 1. The van der Waals surface area contributed by atoms with Gasteiger partial charge in [-0.25, -0.2) is 0 Å². The Morgan fingerprint density at radius 2 is 2.50 bits per heavy atom. The number of ether oxygens (including phenoxy) is 1. The topological polar surface area (TPSA) is 64.3 Å². The summed E-state index contributed by atoms with van der Waals surface area (Å²) < 4.78 is 5.27. The molecule has 2 atom stereocenters. The minimum atomic E-state index is 0.0246. The van der Waals surface area contributed by atoms with Gasteiger partial charge in [-0.1, -0.05) is 0 Å². The molecule has 0 bridgehead atoms. The van der Waals surface area contributed by atoms with E-state index in [9.17, 15) is 4.79 Å². The van der Waals surface area contributed by atoms with Crippen molar-refractivity contribution < 1.29 is 9.53 Å². The van der Waals surface area contributed by atoms with Crippen LogP contribution in [0.15, 0.2) is 0 Å². The molecule has 1 aliphatic rings. The first-order valence-corrected chi connectivity index (χ1v) is 4.35. The van der Waals surface area contributed by atoms with Crippen LogP contribution in [-0.2, 0) is 9.53 Å². The highest BCUT2D eigenvalue weighted by Crippen LogP contribution is 2.19. The number of hydrogen-bond donors (Lipinski definition) is 2. The van der Waals surface area contributed by atoms with Crippen LogP contribution in [0.4, 0.5) is 0 Å². The van der Waals surface area contributed by atoms with E-state index in [1.807, 2.05) is 6.92 Å². The molecule has 1 amide bonds. The van der Waals surface area contributed by atoms with Gasteiger partial charge in [0, 0.05) is 19.7 Å². The van der Waals surface area contributed by atoms with Gasteiger partial charge >= 0.3 is 0 Å². The summed E-state index contributed by atoms with van der Waals surface area (Å²) in [6.07, 6.45) is 0.889. The van der Waals surface area contributed by atoms with Gasteiger partial charge in [0.1, 0.15) is 0 Å². The molecule has 70 valence electrons. The molecular weight excluding hydrogens is 156 g/mol. The smallest absolute Gasteiger partial charge is 0.225 e. The molecule has 0 aromatic heterocycles. The fourth-order valence-corrected chi connectivity index (χ4v) is 1.40. The van der Waals surface area contributed by atoms with Crippen molar-refractivity contribution in [2.75, 3.05) is 19.7 Å². The average Bonchev–Trinajstić information content (AvgIpc) is 2.47. The first kappa shape index (κ1) is 9.48. The standard InChI is InChI=1S/C8H16N2O2/c1-6-7(2-5-12-6)8(11)10-4-3-9/h6-7H,2-5,9H2,1H3,(H,10,11). The van der Waals surface area contributed by atoms with Gasteiger partial charge in [-0.15, -0.1) is 0 Å². The summed E-state index contributed by atoms with van der Waals surface area (Å²) in [5.74, 6) is 0.0991. The van der Waals surface area contributed by atoms with Crippen LogP contribution in [0.3, 0.4) is 0 Å². The number of hydrogen-bond acceptors (Lipinski definition) is 3. The lowest BCUT2D eigenvalue weighted by Gasteiger charge is -2.13. The maximum Gasteiger partial charge on any atom is 0.225 e. The number of rotatable bonds is 3. The fourth-order valence-electron chi connectivity index (χ4n) is 1.40. The molecule has 4 heteroatoms. The Hall–Kier alpha value is -0.610. The summed E-state index contributed by atoms with van der Waals surface area (Å²) >= 11 is 0. The Morgan fingerprint density at radius 3 is 3.00 bits per heavy atom. The molecule has 0 aromatic carbocycles. The van der Waals surface area contributed by atoms with Crippen LogP contribution in [0.2, 0.25) is 0 Å². The lowest BCUT2D eigenvalue weighted by atomic mass is 10.0. The number of amides is 1. The van der Waals surface area contributed by atoms with Crippen molar-refractivity contribution in [3.63, 3.8) is 0 Å². The van der Waals surface area contributed by atoms with E-state index in [2.05, 4.69) is 5.32 Å². The van der Waals surface area contributed by atoms with Crippen molar-refractivity contribution >= 4 is 5.91 Å². The first-order valence-electron chi connectivity index (χ1n) is 4.35. The van der Waals surface area contributed by atoms with Crippen LogP contribution < -0.4 is 11.1 Å². The molecule has 1 heterocycles. The van der Waals surface area contributed by atoms with E-state index in [4.69, 9.17) is 10.5 Å². The Labute approximate surface area is 72.5 Å². The summed E-state index contributed by atoms with van der Waals surface area (Å²) in [6.45, 7) is 3.68. The second-order valence-electron chi connectivity index (χ2n) is 3.05. The molecule has 0 aliphatic carbocycles. The SMILES string of the molecule is CC1OCCC1C(=O)NCCN. The van der Waals surface area contributed by atoms with Gasteiger partial charge in [0.2, 0.25) is 5.91 Å². The Bertz CT molecular complexity index is 161. The molecule has 12 heavy (non-hydrogen) atoms. The van der Waals surface area contributed by atoms with Crippen molar-refractivity contribution in [1.82, 2.24) is 5.32 Å². The van der Waals surface area contributed by atoms with Crippen molar-refractivity contribution in [2.24, 2.45) is 11.7 Å². The van der Waals surface area contributed by atoms with E-state index < -0.39 is 0 Å². The second kappa shape index (κ2) is 4.42. The summed E-state index contributed by atoms with van der Waals surface area (Å²) in [5, 5.41) is 2.76. The lowest BCUT2D eigenvalue weighted by molar-refractivity contribution is -0.126. The maximum absolute atomic E-state index is 11.4. The highest BCUT2D eigenvalue weighted by molar-refractivity contribution is 5.79. The monoisotopic (exact) mass is 172 g/mol. The van der Waals surface area contributed by atoms with Crippen molar-refractivity contribution in [1.29, 1.82) is 0 Å². The zero-order valence-electron chi connectivity index (χ0n) is 7.38. The van der Waals surface area contributed by atoms with Gasteiger partial charge in [-0.2, -0.15) is 0 Å². The van der Waals surface area contributed by atoms with Crippen LogP contribution in [0.1, 0.15) is 13.3 Å². The highest BCUT2D eigenvalue weighted by atomic mass is 16.5. The van der Waals surface area contributed by atoms with Crippen molar-refractivity contribution in [2.45, 2.75) is 19.4 Å². The van der Waals surface area contributed by atoms with Gasteiger partial charge < -0.3 is 15.8 Å². The molecule has 4 nitrogen and oxygen atoms in total. The van der Waals surface area contributed by atoms with Gasteiger partial charge in [0.05, 0.1) is 12.0 Å². The summed E-state index contributed by atoms with van der Waals surface area (Å²) in [7, 11) is 0. The zero-order chi connectivity index (χ0) is 8.97. The van der Waals surface area contributed by atoms with Crippen LogP contribution in [0, 0.1) is 5.92 Å². The quantitative estimate of drug-likeness (QED) is 0.602. The predicted molar refractivity (Wildman–Crippen MR) is 45.6 cm³/mol. The summed E-state index contributed by atoms with van der Waals surface area (Å²) in [4.78, 5) is 11.4. The molecule has 0 aromatic rings. The maximum atomic E-state index is 11.4. The summed E-state index contributed by atoms with van der Waals surface area (Å²) in [5.41, 5.74) is 5.26. The molecular formula is C8H16N2O2. The Balaban J connectivity index is 2.30. The largest absolute Gasteiger partial charge is 0.378 e. The molecule has 1 aliphatic heterocycles. The summed E-state index contributed by atoms with van der Waals surface area (Å²) in [6, 6.07) is 0. The van der Waals surface area contributed by atoms with Gasteiger partial charge in [0.25, 0.3) is 0 Å². The van der Waals surface area contributed by atoms with E-state index >= 15 is 0 Å². The fraction of sp³-hybridized carbons (Fsp3) is 0.875. The molecule has 2 unspecified atom stereocenters. The molecule has 0 saturated carbocycles. The van der Waals surface area contributed by atoms with Gasteiger partial charge in [-0.05, 0) is 13.3 Å².